The van der Waals surface area contributed by atoms with Crippen LogP contribution in [-0.4, -0.2) is 32.7 Å². The lowest BCUT2D eigenvalue weighted by Crippen LogP contribution is -2.14. The number of aliphatic hydroxyl groups excluding tert-OH is 1. The molecular weight excluding hydrogens is 516 g/mol. The van der Waals surface area contributed by atoms with E-state index in [0.717, 1.165) is 28.3 Å². The zero-order chi connectivity index (χ0) is 29.5. The van der Waals surface area contributed by atoms with E-state index in [4.69, 9.17) is 0 Å². The minimum absolute atomic E-state index is 0.261. The topological polar surface area (TPSA) is 127 Å². The van der Waals surface area contributed by atoms with E-state index in [1.807, 2.05) is 64.1 Å². The average molecular weight is 553 g/mol. The van der Waals surface area contributed by atoms with Crippen LogP contribution in [0.5, 0.6) is 0 Å². The van der Waals surface area contributed by atoms with Gasteiger partial charge in [-0.15, -0.1) is 0 Å². The molecule has 0 bridgehead atoms. The van der Waals surface area contributed by atoms with Crippen molar-refractivity contribution in [3.05, 3.63) is 112 Å². The standard InChI is InChI=1S/C33H36N4O4/c1-5-22-24(7-3)30(32(40)34-20-15-11-9-12-16-20)36-28(22)26(38)19-27(39)29-23(6-2)25(8-4)31(37-29)33(41)35-21-17-13-10-14-18-21/h9-19,36-38H,5-8H2,1-4H3,(H,34,40)(H,35,41)/b26-19-. The number of allylic oxidation sites excluding steroid dienone is 1. The monoisotopic (exact) mass is 552 g/mol. The fourth-order valence-electron chi connectivity index (χ4n) is 5.23. The highest BCUT2D eigenvalue weighted by Crippen LogP contribution is 2.28. The van der Waals surface area contributed by atoms with Gasteiger partial charge < -0.3 is 25.7 Å². The van der Waals surface area contributed by atoms with Crippen LogP contribution in [0.4, 0.5) is 11.4 Å². The molecule has 0 saturated heterocycles. The lowest BCUT2D eigenvalue weighted by atomic mass is 10.00. The molecule has 0 aliphatic carbocycles. The van der Waals surface area contributed by atoms with Crippen molar-refractivity contribution in [3.8, 4) is 0 Å². The van der Waals surface area contributed by atoms with Gasteiger partial charge in [0.05, 0.1) is 11.4 Å². The molecule has 0 aliphatic heterocycles. The molecule has 4 aromatic rings. The van der Waals surface area contributed by atoms with E-state index >= 15 is 0 Å². The van der Waals surface area contributed by atoms with Crippen LogP contribution < -0.4 is 10.6 Å². The Hall–Kier alpha value is -4.85. The number of hydrogen-bond donors (Lipinski definition) is 5. The number of amides is 2. The van der Waals surface area contributed by atoms with Crippen molar-refractivity contribution < 1.29 is 19.5 Å². The van der Waals surface area contributed by atoms with Gasteiger partial charge in [0.25, 0.3) is 11.8 Å². The maximum atomic E-state index is 13.5. The van der Waals surface area contributed by atoms with Gasteiger partial charge in [-0.1, -0.05) is 64.1 Å². The van der Waals surface area contributed by atoms with Crippen LogP contribution in [0.2, 0.25) is 0 Å². The fraction of sp³-hybridized carbons (Fsp3) is 0.242. The fourth-order valence-corrected chi connectivity index (χ4v) is 5.23. The van der Waals surface area contributed by atoms with Crippen LogP contribution in [0, 0.1) is 0 Å². The quantitative estimate of drug-likeness (QED) is 0.0789. The molecule has 0 aliphatic rings. The van der Waals surface area contributed by atoms with Crippen LogP contribution in [0.15, 0.2) is 66.7 Å². The second-order valence-corrected chi connectivity index (χ2v) is 9.61. The van der Waals surface area contributed by atoms with Crippen molar-refractivity contribution in [3.63, 3.8) is 0 Å². The number of benzene rings is 2. The second kappa shape index (κ2) is 13.0. The predicted molar refractivity (Wildman–Crippen MR) is 163 cm³/mol. The third kappa shape index (κ3) is 6.17. The van der Waals surface area contributed by atoms with E-state index in [0.29, 0.717) is 54.1 Å². The molecule has 2 amide bonds. The molecular formula is C33H36N4O4. The molecule has 4 rings (SSSR count). The van der Waals surface area contributed by atoms with E-state index in [1.165, 1.54) is 0 Å². The SMILES string of the molecule is CCc1c(C(=O)/C=C(\O)c2[nH]c(C(=O)Nc3ccccc3)c(CC)c2CC)[nH]c(C(=O)Nc2ccccc2)c1CC. The summed E-state index contributed by atoms with van der Waals surface area (Å²) in [6, 6.07) is 18.2. The van der Waals surface area contributed by atoms with Crippen molar-refractivity contribution in [1.29, 1.82) is 0 Å². The smallest absolute Gasteiger partial charge is 0.272 e. The highest BCUT2D eigenvalue weighted by Gasteiger charge is 2.26. The first-order chi connectivity index (χ1) is 19.8. The molecule has 0 unspecified atom stereocenters. The summed E-state index contributed by atoms with van der Waals surface area (Å²) in [6.45, 7) is 7.74. The molecule has 212 valence electrons. The molecule has 2 aromatic heterocycles. The molecule has 8 heteroatoms. The van der Waals surface area contributed by atoms with Gasteiger partial charge in [-0.3, -0.25) is 14.4 Å². The molecule has 2 aromatic carbocycles. The van der Waals surface area contributed by atoms with Gasteiger partial charge in [0.2, 0.25) is 5.78 Å². The molecule has 8 nitrogen and oxygen atoms in total. The number of hydrogen-bond acceptors (Lipinski definition) is 4. The molecule has 0 saturated carbocycles. The van der Waals surface area contributed by atoms with Gasteiger partial charge >= 0.3 is 0 Å². The Balaban J connectivity index is 1.68. The Morgan fingerprint density at radius 1 is 0.610 bits per heavy atom. The van der Waals surface area contributed by atoms with Crippen LogP contribution in [0.3, 0.4) is 0 Å². The molecule has 0 spiro atoms. The van der Waals surface area contributed by atoms with Crippen LogP contribution in [0.1, 0.15) is 87.1 Å². The van der Waals surface area contributed by atoms with Crippen LogP contribution in [0.25, 0.3) is 5.76 Å². The maximum Gasteiger partial charge on any atom is 0.272 e. The van der Waals surface area contributed by atoms with Crippen LogP contribution >= 0.6 is 0 Å². The molecule has 2 heterocycles. The number of ketones is 1. The number of aromatic amines is 2. The van der Waals surface area contributed by atoms with Crippen molar-refractivity contribution >= 4 is 34.7 Å². The van der Waals surface area contributed by atoms with E-state index in [2.05, 4.69) is 20.6 Å². The molecule has 0 radical (unpaired) electrons. The summed E-state index contributed by atoms with van der Waals surface area (Å²) < 4.78 is 0. The Kier molecular flexibility index (Phi) is 9.24. The first-order valence-electron chi connectivity index (χ1n) is 14.0. The number of H-pyrrole nitrogens is 2. The lowest BCUT2D eigenvalue weighted by Gasteiger charge is -2.06. The number of aromatic nitrogens is 2. The van der Waals surface area contributed by atoms with Gasteiger partial charge in [0.15, 0.2) is 0 Å². The van der Waals surface area contributed by atoms with Gasteiger partial charge in [-0.25, -0.2) is 0 Å². The highest BCUT2D eigenvalue weighted by molar-refractivity contribution is 6.11. The van der Waals surface area contributed by atoms with Crippen molar-refractivity contribution in [2.75, 3.05) is 10.6 Å². The molecule has 41 heavy (non-hydrogen) atoms. The highest BCUT2D eigenvalue weighted by atomic mass is 16.3. The third-order valence-electron chi connectivity index (χ3n) is 7.14. The largest absolute Gasteiger partial charge is 0.506 e. The van der Waals surface area contributed by atoms with E-state index in [1.54, 1.807) is 24.3 Å². The number of aliphatic hydroxyl groups is 1. The summed E-state index contributed by atoms with van der Waals surface area (Å²) in [6.07, 6.45) is 3.34. The summed E-state index contributed by atoms with van der Waals surface area (Å²) >= 11 is 0. The summed E-state index contributed by atoms with van der Waals surface area (Å²) in [4.78, 5) is 45.9. The normalized spacial score (nSPS) is 11.4. The number of para-hydroxylation sites is 2. The summed E-state index contributed by atoms with van der Waals surface area (Å²) in [5, 5.41) is 16.9. The van der Waals surface area contributed by atoms with Crippen molar-refractivity contribution in [1.82, 2.24) is 9.97 Å². The van der Waals surface area contributed by atoms with Crippen molar-refractivity contribution in [2.24, 2.45) is 0 Å². The maximum absolute atomic E-state index is 13.5. The van der Waals surface area contributed by atoms with E-state index in [9.17, 15) is 19.5 Å². The van der Waals surface area contributed by atoms with Gasteiger partial charge in [-0.05, 0) is 72.2 Å². The molecule has 0 fully saturated rings. The Labute approximate surface area is 239 Å². The minimum atomic E-state index is -0.460. The zero-order valence-electron chi connectivity index (χ0n) is 23.9. The number of rotatable bonds is 11. The van der Waals surface area contributed by atoms with E-state index < -0.39 is 5.78 Å². The number of anilines is 2. The van der Waals surface area contributed by atoms with Crippen molar-refractivity contribution in [2.45, 2.75) is 53.4 Å². The van der Waals surface area contributed by atoms with E-state index in [-0.39, 0.29) is 23.3 Å². The number of carbonyl (C=O) groups is 3. The molecule has 0 atom stereocenters. The Morgan fingerprint density at radius 2 is 0.976 bits per heavy atom. The van der Waals surface area contributed by atoms with Crippen LogP contribution in [-0.2, 0) is 25.7 Å². The lowest BCUT2D eigenvalue weighted by molar-refractivity contribution is 0.101. The number of carbonyl (C=O) groups excluding carboxylic acids is 3. The van der Waals surface area contributed by atoms with Gasteiger partial charge in [0.1, 0.15) is 17.1 Å². The average Bonchev–Trinajstić information content (AvgIpc) is 3.56. The Bertz CT molecular complexity index is 1580. The zero-order valence-corrected chi connectivity index (χ0v) is 23.9. The van der Waals surface area contributed by atoms with Gasteiger partial charge in [-0.2, -0.15) is 0 Å². The number of nitrogens with one attached hydrogen (secondary N) is 4. The molecule has 5 N–H and O–H groups in total. The van der Waals surface area contributed by atoms with Gasteiger partial charge in [0, 0.05) is 17.5 Å². The minimum Gasteiger partial charge on any atom is -0.506 e. The first-order valence-corrected chi connectivity index (χ1v) is 14.0. The summed E-state index contributed by atoms with van der Waals surface area (Å²) in [7, 11) is 0. The first kappa shape index (κ1) is 29.1. The summed E-state index contributed by atoms with van der Waals surface area (Å²) in [5.74, 6) is -1.40. The Morgan fingerprint density at radius 3 is 1.39 bits per heavy atom. The third-order valence-corrected chi connectivity index (χ3v) is 7.14. The predicted octanol–water partition coefficient (Wildman–Crippen LogP) is 6.88. The summed E-state index contributed by atoms with van der Waals surface area (Å²) in [5.41, 5.74) is 5.62. The second-order valence-electron chi connectivity index (χ2n) is 9.61.